The first-order chi connectivity index (χ1) is 29.8. The lowest BCUT2D eigenvalue weighted by Crippen LogP contribution is -2.35. The number of fused-ring (bicyclic) bond motifs is 4. The van der Waals surface area contributed by atoms with Crippen molar-refractivity contribution in [2.75, 3.05) is 17.2 Å². The predicted molar refractivity (Wildman–Crippen MR) is 216 cm³/mol. The van der Waals surface area contributed by atoms with Crippen molar-refractivity contribution >= 4 is 54.1 Å². The Hall–Kier alpha value is -5.41. The number of carbonyl (C=O) groups is 1. The number of benzene rings is 2. The van der Waals surface area contributed by atoms with E-state index in [0.29, 0.717) is 17.0 Å². The van der Waals surface area contributed by atoms with Crippen molar-refractivity contribution in [3.05, 3.63) is 93.0 Å². The van der Waals surface area contributed by atoms with E-state index in [1.807, 2.05) is 4.72 Å². The van der Waals surface area contributed by atoms with Gasteiger partial charge in [-0.2, -0.15) is 45.3 Å². The summed E-state index contributed by atoms with van der Waals surface area (Å²) >= 11 is 6.46. The van der Waals surface area contributed by atoms with Crippen LogP contribution in [0.25, 0.3) is 22.0 Å². The van der Waals surface area contributed by atoms with Gasteiger partial charge in [-0.15, -0.1) is 0 Å². The Morgan fingerprint density at radius 3 is 2.15 bits per heavy atom. The fourth-order valence-corrected chi connectivity index (χ4v) is 8.99. The molecule has 0 bridgehead atoms. The van der Waals surface area contributed by atoms with E-state index in [1.165, 1.54) is 39.0 Å². The zero-order valence-electron chi connectivity index (χ0n) is 34.2. The van der Waals surface area contributed by atoms with Gasteiger partial charge in [-0.3, -0.25) is 18.9 Å². The van der Waals surface area contributed by atoms with Crippen LogP contribution in [0.5, 0.6) is 0 Å². The summed E-state index contributed by atoms with van der Waals surface area (Å²) in [5, 5.41) is 9.06. The first kappa shape index (κ1) is 47.5. The molecule has 2 aromatic carbocycles. The SMILES string of the molecule is C[C@H]1C2[C@H]1c1c(C(F)(F)F)nn(CC(=O)N[C@@H](Cc3cc(F)cc(F)c3)c3nc(C#CC(C)(C)S(C)(=O)=O)ccc3-c3ccc(Cl)c4c(NS(C)(=O)=O)nn(CC(F)(F)F)c34)c1C2(F)F. The Kier molecular flexibility index (Phi) is 11.6. The summed E-state index contributed by atoms with van der Waals surface area (Å²) in [4.78, 5) is 18.6. The number of pyridine rings is 1. The summed E-state index contributed by atoms with van der Waals surface area (Å²) in [7, 11) is -8.07. The van der Waals surface area contributed by atoms with Crippen LogP contribution in [0.3, 0.4) is 0 Å². The van der Waals surface area contributed by atoms with Crippen molar-refractivity contribution in [2.45, 2.75) is 75.3 Å². The first-order valence-corrected chi connectivity index (χ1v) is 23.2. The second kappa shape index (κ2) is 15.9. The molecule has 1 saturated carbocycles. The van der Waals surface area contributed by atoms with E-state index in [9.17, 15) is 56.8 Å². The molecule has 2 aliphatic carbocycles. The van der Waals surface area contributed by atoms with Crippen LogP contribution in [0.15, 0.2) is 42.5 Å². The highest BCUT2D eigenvalue weighted by atomic mass is 35.5. The average Bonchev–Trinajstić information content (AvgIpc) is 3.36. The number of aromatic nitrogens is 5. The van der Waals surface area contributed by atoms with Gasteiger partial charge in [0.15, 0.2) is 21.3 Å². The summed E-state index contributed by atoms with van der Waals surface area (Å²) in [6, 6.07) is 5.24. The zero-order chi connectivity index (χ0) is 48.1. The minimum Gasteiger partial charge on any atom is -0.346 e. The largest absolute Gasteiger partial charge is 0.435 e. The highest BCUT2D eigenvalue weighted by molar-refractivity contribution is 7.92. The zero-order valence-corrected chi connectivity index (χ0v) is 36.6. The molecular formula is C40H34ClF10N7O5S2. The van der Waals surface area contributed by atoms with Crippen molar-refractivity contribution in [1.82, 2.24) is 29.9 Å². The van der Waals surface area contributed by atoms with Gasteiger partial charge < -0.3 is 5.32 Å². The van der Waals surface area contributed by atoms with Crippen LogP contribution in [0.2, 0.25) is 5.02 Å². The summed E-state index contributed by atoms with van der Waals surface area (Å²) in [5.74, 6) is -6.34. The maximum absolute atomic E-state index is 15.7. The summed E-state index contributed by atoms with van der Waals surface area (Å²) in [6.45, 7) is 0.804. The average molecular weight is 982 g/mol. The number of sulfone groups is 1. The maximum atomic E-state index is 15.7. The van der Waals surface area contributed by atoms with Crippen molar-refractivity contribution in [2.24, 2.45) is 11.8 Å². The molecule has 7 rings (SSSR count). The van der Waals surface area contributed by atoms with Gasteiger partial charge >= 0.3 is 12.4 Å². The van der Waals surface area contributed by atoms with Crippen LogP contribution in [0, 0.1) is 35.3 Å². The molecule has 3 heterocycles. The second-order valence-electron chi connectivity index (χ2n) is 16.4. The Balaban J connectivity index is 1.45. The van der Waals surface area contributed by atoms with Gasteiger partial charge in [0.25, 0.3) is 5.92 Å². The number of anilines is 1. The van der Waals surface area contributed by atoms with Crippen molar-refractivity contribution in [1.29, 1.82) is 0 Å². The molecule has 2 N–H and O–H groups in total. The number of nitrogens with one attached hydrogen (secondary N) is 2. The lowest BCUT2D eigenvalue weighted by Gasteiger charge is -2.23. The van der Waals surface area contributed by atoms with Gasteiger partial charge in [0.2, 0.25) is 15.9 Å². The highest BCUT2D eigenvalue weighted by Crippen LogP contribution is 2.71. The van der Waals surface area contributed by atoms with Crippen LogP contribution in [-0.4, -0.2) is 70.7 Å². The lowest BCUT2D eigenvalue weighted by atomic mass is 9.93. The first-order valence-electron chi connectivity index (χ1n) is 19.1. The third-order valence-corrected chi connectivity index (χ3v) is 13.9. The van der Waals surface area contributed by atoms with E-state index in [4.69, 9.17) is 11.6 Å². The fourth-order valence-electron chi connectivity index (χ4n) is 8.02. The van der Waals surface area contributed by atoms with Crippen LogP contribution >= 0.6 is 11.6 Å². The van der Waals surface area contributed by atoms with Gasteiger partial charge in [0.1, 0.15) is 40.9 Å². The number of halogens is 11. The number of hydrogen-bond acceptors (Lipinski definition) is 8. The molecule has 0 saturated heterocycles. The summed E-state index contributed by atoms with van der Waals surface area (Å²) in [5.41, 5.74) is -5.18. The van der Waals surface area contributed by atoms with Crippen molar-refractivity contribution in [3.8, 4) is 23.0 Å². The number of nitrogens with zero attached hydrogens (tertiary/aromatic N) is 5. The number of alkyl halides is 8. The Morgan fingerprint density at radius 1 is 0.938 bits per heavy atom. The monoisotopic (exact) mass is 981 g/mol. The molecule has 0 radical (unpaired) electrons. The molecular weight excluding hydrogens is 948 g/mol. The normalized spacial score (nSPS) is 18.7. The molecule has 0 spiro atoms. The Bertz CT molecular complexity index is 3070. The Labute approximate surface area is 368 Å². The standard InChI is InChI=1S/C40H34ClF10N7O5S2/c1-18-28-30-34(40(49,50)51)54-57(35(30)39(47,48)31(18)28)16-27(59)53-26(14-19-12-20(42)15-21(43)13-19)32-23(7-6-22(52-32)10-11-37(2,3)64(4,60)61)24-8-9-25(41)29-33(24)58(17-38(44,45)46)55-36(29)56-65(5,62)63/h6-9,12-13,15,18,26,28,31H,14,16-17H2,1-5H3,(H,53,59)(H,55,56)/t18-,26+,28-,31?/m1/s1. The van der Waals surface area contributed by atoms with E-state index >= 15 is 8.78 Å². The third kappa shape index (κ3) is 9.36. The number of amides is 1. The van der Waals surface area contributed by atoms with Gasteiger partial charge in [-0.05, 0) is 68.0 Å². The van der Waals surface area contributed by atoms with E-state index < -0.39 is 132 Å². The lowest BCUT2D eigenvalue weighted by molar-refractivity contribution is -0.143. The fraction of sp³-hybridized carbons (Fsp3) is 0.400. The number of sulfonamides is 1. The Morgan fingerprint density at radius 2 is 1.57 bits per heavy atom. The second-order valence-corrected chi connectivity index (χ2v) is 21.1. The van der Waals surface area contributed by atoms with Crippen LogP contribution in [0.4, 0.5) is 49.7 Å². The molecule has 1 fully saturated rings. The van der Waals surface area contributed by atoms with Crippen molar-refractivity contribution < 1.29 is 65.5 Å². The summed E-state index contributed by atoms with van der Waals surface area (Å²) in [6.07, 6.45) is -9.23. The molecule has 4 atom stereocenters. The smallest absolute Gasteiger partial charge is 0.346 e. The molecule has 1 amide bonds. The van der Waals surface area contributed by atoms with Crippen LogP contribution in [-0.2, 0) is 56.3 Å². The molecule has 1 unspecified atom stereocenters. The number of hydrogen-bond donors (Lipinski definition) is 2. The molecule has 0 aliphatic heterocycles. The minimum atomic E-state index is -5.20. The van der Waals surface area contributed by atoms with Gasteiger partial charge in [0, 0.05) is 40.8 Å². The van der Waals surface area contributed by atoms with E-state index in [-0.39, 0.29) is 43.2 Å². The number of rotatable bonds is 11. The molecule has 25 heteroatoms. The number of carbonyl (C=O) groups excluding carboxylic acids is 1. The topological polar surface area (TPSA) is 158 Å². The molecule has 3 aromatic heterocycles. The maximum Gasteiger partial charge on any atom is 0.435 e. The van der Waals surface area contributed by atoms with Gasteiger partial charge in [-0.25, -0.2) is 30.6 Å². The van der Waals surface area contributed by atoms with Crippen molar-refractivity contribution in [3.63, 3.8) is 0 Å². The van der Waals surface area contributed by atoms with E-state index in [1.54, 1.807) is 0 Å². The highest BCUT2D eigenvalue weighted by Gasteiger charge is 2.72. The van der Waals surface area contributed by atoms with Gasteiger partial charge in [0.05, 0.1) is 33.9 Å². The van der Waals surface area contributed by atoms with Gasteiger partial charge in [-0.1, -0.05) is 30.5 Å². The predicted octanol–water partition coefficient (Wildman–Crippen LogP) is 7.91. The van der Waals surface area contributed by atoms with Crippen LogP contribution < -0.4 is 10.0 Å². The molecule has 12 nitrogen and oxygen atoms in total. The third-order valence-electron chi connectivity index (χ3n) is 11.1. The van der Waals surface area contributed by atoms with E-state index in [2.05, 4.69) is 32.3 Å². The molecule has 2 aliphatic rings. The van der Waals surface area contributed by atoms with Crippen LogP contribution in [0.1, 0.15) is 66.6 Å². The molecule has 348 valence electrons. The molecule has 5 aromatic rings. The molecule has 65 heavy (non-hydrogen) atoms. The summed E-state index contributed by atoms with van der Waals surface area (Å²) < 4.78 is 196. The quantitative estimate of drug-likeness (QED) is 0.0999. The minimum absolute atomic E-state index is 0.196. The van der Waals surface area contributed by atoms with E-state index in [0.717, 1.165) is 24.5 Å².